The second kappa shape index (κ2) is 6.27. The molecule has 28 heavy (non-hydrogen) atoms. The summed E-state index contributed by atoms with van der Waals surface area (Å²) in [5.41, 5.74) is 6.98. The molecule has 0 unspecified atom stereocenters. The average Bonchev–Trinajstić information content (AvgIpc) is 3.34. The van der Waals surface area contributed by atoms with Crippen molar-refractivity contribution in [3.63, 3.8) is 0 Å². The number of rotatable bonds is 2. The van der Waals surface area contributed by atoms with Crippen LogP contribution in [0.15, 0.2) is 46.9 Å². The van der Waals surface area contributed by atoms with Gasteiger partial charge in [0.05, 0.1) is 13.2 Å². The van der Waals surface area contributed by atoms with Crippen LogP contribution >= 0.6 is 0 Å². The van der Waals surface area contributed by atoms with Gasteiger partial charge in [-0.2, -0.15) is 4.98 Å². The van der Waals surface area contributed by atoms with Gasteiger partial charge in [0.2, 0.25) is 0 Å². The molecule has 1 saturated heterocycles. The molecule has 6 nitrogen and oxygen atoms in total. The Hall–Kier alpha value is -2.99. The summed E-state index contributed by atoms with van der Waals surface area (Å²) in [5.74, 6) is 0. The van der Waals surface area contributed by atoms with E-state index in [1.165, 1.54) is 27.8 Å². The van der Waals surface area contributed by atoms with Crippen LogP contribution in [0.2, 0.25) is 0 Å². The fourth-order valence-electron chi connectivity index (χ4n) is 4.38. The van der Waals surface area contributed by atoms with Crippen LogP contribution in [-0.2, 0) is 17.7 Å². The van der Waals surface area contributed by atoms with Crippen LogP contribution < -0.4 is 9.80 Å². The summed E-state index contributed by atoms with van der Waals surface area (Å²) in [6.07, 6.45) is 1.03. The Bertz CT molecular complexity index is 1160. The van der Waals surface area contributed by atoms with Gasteiger partial charge >= 0.3 is 0 Å². The highest BCUT2D eigenvalue weighted by Gasteiger charge is 2.22. The van der Waals surface area contributed by atoms with E-state index in [0.29, 0.717) is 6.01 Å². The number of oxazole rings is 1. The zero-order chi connectivity index (χ0) is 18.5. The van der Waals surface area contributed by atoms with Crippen molar-refractivity contribution < 1.29 is 9.15 Å². The molecule has 2 aromatic carbocycles. The Labute approximate surface area is 162 Å². The van der Waals surface area contributed by atoms with E-state index in [-0.39, 0.29) is 0 Å². The molecule has 0 bridgehead atoms. The largest absolute Gasteiger partial charge is 0.423 e. The quantitative estimate of drug-likeness (QED) is 0.580. The molecule has 0 radical (unpaired) electrons. The van der Waals surface area contributed by atoms with Crippen LogP contribution in [0.3, 0.4) is 0 Å². The molecule has 2 aromatic heterocycles. The van der Waals surface area contributed by atoms with Crippen LogP contribution in [0, 0.1) is 0 Å². The third-order valence-corrected chi connectivity index (χ3v) is 5.89. The second-order valence-corrected chi connectivity index (χ2v) is 7.55. The lowest BCUT2D eigenvalue weighted by atomic mass is 10.0. The van der Waals surface area contributed by atoms with Crippen molar-refractivity contribution in [1.29, 1.82) is 0 Å². The first kappa shape index (κ1) is 16.0. The summed E-state index contributed by atoms with van der Waals surface area (Å²) in [6, 6.07) is 15.6. The molecule has 4 heterocycles. The van der Waals surface area contributed by atoms with Crippen LogP contribution in [0.4, 0.5) is 11.7 Å². The predicted molar refractivity (Wildman–Crippen MR) is 110 cm³/mol. The molecular formula is C22H22N4O2. The van der Waals surface area contributed by atoms with Gasteiger partial charge in [-0.3, -0.25) is 0 Å². The first-order valence-electron chi connectivity index (χ1n) is 9.92. The monoisotopic (exact) mass is 374 g/mol. The molecule has 2 aliphatic heterocycles. The van der Waals surface area contributed by atoms with Crippen molar-refractivity contribution in [2.75, 3.05) is 42.6 Å². The van der Waals surface area contributed by atoms with Crippen LogP contribution in [-0.4, -0.2) is 42.8 Å². The number of H-pyrrole nitrogens is 1. The van der Waals surface area contributed by atoms with E-state index >= 15 is 0 Å². The molecule has 1 fully saturated rings. The van der Waals surface area contributed by atoms with E-state index in [2.05, 4.69) is 51.2 Å². The number of morpholine rings is 1. The third-order valence-electron chi connectivity index (χ3n) is 5.89. The predicted octanol–water partition coefficient (Wildman–Crippen LogP) is 3.71. The summed E-state index contributed by atoms with van der Waals surface area (Å²) in [4.78, 5) is 12.9. The Morgan fingerprint density at radius 3 is 2.79 bits per heavy atom. The Balaban J connectivity index is 1.32. The molecule has 0 aliphatic carbocycles. The lowest BCUT2D eigenvalue weighted by Crippen LogP contribution is -2.36. The highest BCUT2D eigenvalue weighted by Crippen LogP contribution is 2.32. The molecule has 0 atom stereocenters. The van der Waals surface area contributed by atoms with Crippen LogP contribution in [0.25, 0.3) is 22.0 Å². The van der Waals surface area contributed by atoms with Crippen LogP contribution in [0.5, 0.6) is 0 Å². The minimum absolute atomic E-state index is 0.702. The van der Waals surface area contributed by atoms with Gasteiger partial charge in [0.15, 0.2) is 5.58 Å². The Morgan fingerprint density at radius 2 is 1.86 bits per heavy atom. The van der Waals surface area contributed by atoms with E-state index in [4.69, 9.17) is 14.1 Å². The summed E-state index contributed by atoms with van der Waals surface area (Å²) >= 11 is 0. The lowest BCUT2D eigenvalue weighted by molar-refractivity contribution is 0.120. The summed E-state index contributed by atoms with van der Waals surface area (Å²) in [7, 11) is 0. The average molecular weight is 374 g/mol. The van der Waals surface area contributed by atoms with E-state index in [9.17, 15) is 0 Å². The maximum absolute atomic E-state index is 5.99. The zero-order valence-electron chi connectivity index (χ0n) is 15.6. The maximum Gasteiger partial charge on any atom is 0.298 e. The number of nitrogens with zero attached hydrogens (tertiary/aromatic N) is 3. The fraction of sp³-hybridized carbons (Fsp3) is 0.318. The highest BCUT2D eigenvalue weighted by molar-refractivity contribution is 5.86. The molecule has 6 rings (SSSR count). The molecular weight excluding hydrogens is 352 g/mol. The normalized spacial score (nSPS) is 17.4. The molecule has 4 aromatic rings. The van der Waals surface area contributed by atoms with Gasteiger partial charge < -0.3 is 23.9 Å². The second-order valence-electron chi connectivity index (χ2n) is 7.55. The van der Waals surface area contributed by atoms with E-state index in [0.717, 1.165) is 56.9 Å². The SMILES string of the molecule is c1ccc2c3c([nH]c2c1)CCN(c1ccc2oc(N4CCOCC4)nc2c1)C3. The number of hydrogen-bond acceptors (Lipinski definition) is 5. The van der Waals surface area contributed by atoms with Crippen molar-refractivity contribution >= 4 is 33.7 Å². The number of benzene rings is 2. The number of fused-ring (bicyclic) bond motifs is 4. The molecule has 6 heteroatoms. The molecule has 1 N–H and O–H groups in total. The number of hydrogen-bond donors (Lipinski definition) is 1. The Kier molecular flexibility index (Phi) is 3.59. The van der Waals surface area contributed by atoms with Gasteiger partial charge in [-0.25, -0.2) is 0 Å². The summed E-state index contributed by atoms with van der Waals surface area (Å²) < 4.78 is 11.4. The molecule has 0 spiro atoms. The topological polar surface area (TPSA) is 57.5 Å². The fourth-order valence-corrected chi connectivity index (χ4v) is 4.38. The highest BCUT2D eigenvalue weighted by atomic mass is 16.5. The zero-order valence-corrected chi connectivity index (χ0v) is 15.6. The molecule has 0 saturated carbocycles. The van der Waals surface area contributed by atoms with Crippen molar-refractivity contribution in [1.82, 2.24) is 9.97 Å². The van der Waals surface area contributed by atoms with Crippen LogP contribution in [0.1, 0.15) is 11.3 Å². The van der Waals surface area contributed by atoms with Crippen molar-refractivity contribution in [2.24, 2.45) is 0 Å². The third kappa shape index (κ3) is 2.56. The van der Waals surface area contributed by atoms with Gasteiger partial charge in [0.25, 0.3) is 6.01 Å². The minimum Gasteiger partial charge on any atom is -0.423 e. The smallest absolute Gasteiger partial charge is 0.298 e. The first-order valence-corrected chi connectivity index (χ1v) is 9.92. The number of ether oxygens (including phenoxy) is 1. The van der Waals surface area contributed by atoms with Crippen molar-refractivity contribution in [2.45, 2.75) is 13.0 Å². The maximum atomic E-state index is 5.99. The van der Waals surface area contributed by atoms with Crippen molar-refractivity contribution in [3.8, 4) is 0 Å². The number of aromatic nitrogens is 2. The molecule has 142 valence electrons. The Morgan fingerprint density at radius 1 is 0.964 bits per heavy atom. The molecule has 2 aliphatic rings. The molecule has 0 amide bonds. The van der Waals surface area contributed by atoms with Gasteiger partial charge in [-0.05, 0) is 24.3 Å². The number of nitrogens with one attached hydrogen (secondary N) is 1. The lowest BCUT2D eigenvalue weighted by Gasteiger charge is -2.29. The number of anilines is 2. The standard InChI is InChI=1S/C22H22N4O2/c1-2-4-18-16(3-1)17-14-26(8-7-19(17)23-18)15-5-6-21-20(13-15)24-22(28-21)25-9-11-27-12-10-25/h1-6,13,23H,7-12,14H2. The van der Waals surface area contributed by atoms with Gasteiger partial charge in [0, 0.05) is 60.4 Å². The number of para-hydroxylation sites is 1. The van der Waals surface area contributed by atoms with Gasteiger partial charge in [-0.15, -0.1) is 0 Å². The minimum atomic E-state index is 0.702. The van der Waals surface area contributed by atoms with Gasteiger partial charge in [-0.1, -0.05) is 18.2 Å². The van der Waals surface area contributed by atoms with E-state index in [1.807, 2.05) is 6.07 Å². The van der Waals surface area contributed by atoms with E-state index < -0.39 is 0 Å². The summed E-state index contributed by atoms with van der Waals surface area (Å²) in [6.45, 7) is 5.03. The van der Waals surface area contributed by atoms with Crippen molar-refractivity contribution in [3.05, 3.63) is 53.7 Å². The van der Waals surface area contributed by atoms with E-state index in [1.54, 1.807) is 0 Å². The number of aromatic amines is 1. The van der Waals surface area contributed by atoms with Gasteiger partial charge in [0.1, 0.15) is 5.52 Å². The summed E-state index contributed by atoms with van der Waals surface area (Å²) in [5, 5.41) is 1.33. The first-order chi connectivity index (χ1) is 13.8.